The van der Waals surface area contributed by atoms with Crippen molar-refractivity contribution in [3.8, 4) is 0 Å². The molecule has 2 aromatic carbocycles. The van der Waals surface area contributed by atoms with Crippen molar-refractivity contribution in [3.63, 3.8) is 0 Å². The second kappa shape index (κ2) is 8.79. The van der Waals surface area contributed by atoms with E-state index in [4.69, 9.17) is 0 Å². The Hall–Kier alpha value is -3.51. The van der Waals surface area contributed by atoms with Crippen LogP contribution in [0.4, 0.5) is 10.1 Å². The average molecular weight is 459 g/mol. The maximum Gasteiger partial charge on any atom is 0.254 e. The summed E-state index contributed by atoms with van der Waals surface area (Å²) in [5.41, 5.74) is 5.40. The Morgan fingerprint density at radius 2 is 1.79 bits per heavy atom. The molecular formula is C27H23FN2O2S. The fraction of sp³-hybridized carbons (Fsp3) is 0.185. The Labute approximate surface area is 195 Å². The summed E-state index contributed by atoms with van der Waals surface area (Å²) >= 11 is 1.54. The number of nitrogens with one attached hydrogen (secondary N) is 2. The van der Waals surface area contributed by atoms with Gasteiger partial charge in [0.25, 0.3) is 5.91 Å². The van der Waals surface area contributed by atoms with Crippen molar-refractivity contribution in [2.75, 3.05) is 5.32 Å². The van der Waals surface area contributed by atoms with E-state index in [-0.39, 0.29) is 23.4 Å². The Bertz CT molecular complexity index is 1260. The number of Topliss-reactive ketones (excluding diaryl/α,β-unsaturated/α-hetero) is 1. The molecule has 2 heterocycles. The molecule has 0 spiro atoms. The van der Waals surface area contributed by atoms with Gasteiger partial charge in [-0.1, -0.05) is 30.3 Å². The number of hydrogen-bond acceptors (Lipinski definition) is 4. The highest BCUT2D eigenvalue weighted by molar-refractivity contribution is 7.08. The highest BCUT2D eigenvalue weighted by Crippen LogP contribution is 2.46. The molecule has 3 aromatic rings. The Morgan fingerprint density at radius 1 is 1.03 bits per heavy atom. The van der Waals surface area contributed by atoms with Crippen LogP contribution in [-0.4, -0.2) is 11.7 Å². The number of halogens is 1. The third-order valence-corrected chi connectivity index (χ3v) is 7.02. The molecule has 1 amide bonds. The molecule has 33 heavy (non-hydrogen) atoms. The SMILES string of the molecule is CC1=C(C(=O)Nc2ccc(F)cc2)[C@@H](c2ccsc2)C2=C(C[C@H](c3ccccc3)CC2=O)N1. The van der Waals surface area contributed by atoms with Gasteiger partial charge in [-0.15, -0.1) is 0 Å². The molecule has 0 saturated heterocycles. The number of allylic oxidation sites excluding steroid dienone is 3. The lowest BCUT2D eigenvalue weighted by atomic mass is 9.72. The zero-order valence-corrected chi connectivity index (χ0v) is 18.9. The number of anilines is 1. The fourth-order valence-electron chi connectivity index (χ4n) is 4.81. The summed E-state index contributed by atoms with van der Waals surface area (Å²) in [7, 11) is 0. The van der Waals surface area contributed by atoms with Crippen LogP contribution < -0.4 is 10.6 Å². The van der Waals surface area contributed by atoms with E-state index in [0.717, 1.165) is 28.9 Å². The maximum absolute atomic E-state index is 13.5. The number of carbonyl (C=O) groups is 2. The van der Waals surface area contributed by atoms with Crippen molar-refractivity contribution in [1.29, 1.82) is 0 Å². The summed E-state index contributed by atoms with van der Waals surface area (Å²) in [5, 5.41) is 10.2. The van der Waals surface area contributed by atoms with E-state index >= 15 is 0 Å². The van der Waals surface area contributed by atoms with Gasteiger partial charge >= 0.3 is 0 Å². The third-order valence-electron chi connectivity index (χ3n) is 6.32. The van der Waals surface area contributed by atoms with Crippen molar-refractivity contribution in [3.05, 3.63) is 111 Å². The molecule has 5 rings (SSSR count). The topological polar surface area (TPSA) is 58.2 Å². The fourth-order valence-corrected chi connectivity index (χ4v) is 5.49. The monoisotopic (exact) mass is 458 g/mol. The second-order valence-corrected chi connectivity index (χ2v) is 9.23. The quantitative estimate of drug-likeness (QED) is 0.513. The van der Waals surface area contributed by atoms with Crippen LogP contribution in [0.15, 0.2) is 94.0 Å². The van der Waals surface area contributed by atoms with E-state index in [9.17, 15) is 14.0 Å². The summed E-state index contributed by atoms with van der Waals surface area (Å²) in [4.78, 5) is 26.9. The standard InChI is InChI=1S/C27H23FN2O2S/c1-16-24(27(32)30-21-9-7-20(28)8-10-21)25(18-11-12-33-15-18)26-22(29-16)13-19(14-23(26)31)17-5-3-2-4-6-17/h2-12,15,19,25,29H,13-14H2,1H3,(H,30,32)/t19-,25+/m0/s1. The van der Waals surface area contributed by atoms with E-state index in [0.29, 0.717) is 23.3 Å². The third kappa shape index (κ3) is 4.14. The lowest BCUT2D eigenvalue weighted by molar-refractivity contribution is -0.116. The minimum Gasteiger partial charge on any atom is -0.362 e. The van der Waals surface area contributed by atoms with Gasteiger partial charge in [-0.3, -0.25) is 9.59 Å². The first kappa shape index (κ1) is 21.3. The molecule has 1 aliphatic heterocycles. The van der Waals surface area contributed by atoms with Gasteiger partial charge in [0, 0.05) is 40.6 Å². The first-order chi connectivity index (χ1) is 16.0. The van der Waals surface area contributed by atoms with Crippen LogP contribution in [0.3, 0.4) is 0 Å². The second-order valence-electron chi connectivity index (χ2n) is 8.45. The Balaban J connectivity index is 1.52. The van der Waals surface area contributed by atoms with Gasteiger partial charge in [-0.25, -0.2) is 4.39 Å². The maximum atomic E-state index is 13.5. The molecule has 4 nitrogen and oxygen atoms in total. The van der Waals surface area contributed by atoms with Crippen molar-refractivity contribution in [2.24, 2.45) is 0 Å². The zero-order valence-electron chi connectivity index (χ0n) is 18.1. The molecule has 0 saturated carbocycles. The van der Waals surface area contributed by atoms with Crippen LogP contribution in [0.1, 0.15) is 42.7 Å². The molecule has 2 aliphatic rings. The average Bonchev–Trinajstić information content (AvgIpc) is 3.35. The van der Waals surface area contributed by atoms with Crippen molar-refractivity contribution in [2.45, 2.75) is 31.6 Å². The summed E-state index contributed by atoms with van der Waals surface area (Å²) in [5.74, 6) is -0.928. The van der Waals surface area contributed by atoms with E-state index in [1.54, 1.807) is 11.3 Å². The van der Waals surface area contributed by atoms with Crippen molar-refractivity contribution >= 4 is 28.7 Å². The highest BCUT2D eigenvalue weighted by Gasteiger charge is 2.41. The Kier molecular flexibility index (Phi) is 5.68. The van der Waals surface area contributed by atoms with Crippen molar-refractivity contribution < 1.29 is 14.0 Å². The molecule has 0 bridgehead atoms. The molecular weight excluding hydrogens is 435 g/mol. The molecule has 6 heteroatoms. The first-order valence-electron chi connectivity index (χ1n) is 10.9. The molecule has 1 aliphatic carbocycles. The highest BCUT2D eigenvalue weighted by atomic mass is 32.1. The summed E-state index contributed by atoms with van der Waals surface area (Å²) in [6.07, 6.45) is 1.13. The largest absolute Gasteiger partial charge is 0.362 e. The molecule has 0 radical (unpaired) electrons. The molecule has 2 atom stereocenters. The number of carbonyl (C=O) groups excluding carboxylic acids is 2. The molecule has 166 valence electrons. The lowest BCUT2D eigenvalue weighted by Crippen LogP contribution is -2.36. The van der Waals surface area contributed by atoms with Gasteiger partial charge in [-0.05, 0) is 71.5 Å². The van der Waals surface area contributed by atoms with E-state index in [2.05, 4.69) is 22.8 Å². The van der Waals surface area contributed by atoms with Gasteiger partial charge < -0.3 is 10.6 Å². The molecule has 0 unspecified atom stereocenters. The lowest BCUT2D eigenvalue weighted by Gasteiger charge is -2.36. The van der Waals surface area contributed by atoms with Gasteiger partial charge in [0.05, 0.1) is 0 Å². The van der Waals surface area contributed by atoms with Crippen LogP contribution >= 0.6 is 11.3 Å². The predicted molar refractivity (Wildman–Crippen MR) is 128 cm³/mol. The zero-order chi connectivity index (χ0) is 22.9. The number of ketones is 1. The number of rotatable bonds is 4. The number of thiophene rings is 1. The van der Waals surface area contributed by atoms with E-state index in [1.165, 1.54) is 24.3 Å². The number of benzene rings is 2. The van der Waals surface area contributed by atoms with Gasteiger partial charge in [0.1, 0.15) is 5.82 Å². The van der Waals surface area contributed by atoms with Gasteiger partial charge in [0.2, 0.25) is 0 Å². The predicted octanol–water partition coefficient (Wildman–Crippen LogP) is 5.89. The van der Waals surface area contributed by atoms with Crippen LogP contribution in [-0.2, 0) is 9.59 Å². The summed E-state index contributed by atoms with van der Waals surface area (Å²) in [6, 6.07) is 17.7. The van der Waals surface area contributed by atoms with Crippen LogP contribution in [0, 0.1) is 5.82 Å². The molecule has 1 aromatic heterocycles. The van der Waals surface area contributed by atoms with Crippen LogP contribution in [0.5, 0.6) is 0 Å². The molecule has 2 N–H and O–H groups in total. The van der Waals surface area contributed by atoms with Crippen molar-refractivity contribution in [1.82, 2.24) is 5.32 Å². The smallest absolute Gasteiger partial charge is 0.254 e. The molecule has 0 fully saturated rings. The van der Waals surface area contributed by atoms with Crippen LogP contribution in [0.25, 0.3) is 0 Å². The first-order valence-corrected chi connectivity index (χ1v) is 11.8. The van der Waals surface area contributed by atoms with E-state index < -0.39 is 5.92 Å². The number of amides is 1. The van der Waals surface area contributed by atoms with E-state index in [1.807, 2.05) is 41.9 Å². The van der Waals surface area contributed by atoms with Gasteiger partial charge in [0.15, 0.2) is 5.78 Å². The minimum atomic E-state index is -0.433. The van der Waals surface area contributed by atoms with Crippen LogP contribution in [0.2, 0.25) is 0 Å². The Morgan fingerprint density at radius 3 is 2.48 bits per heavy atom. The number of dihydropyridines is 1. The summed E-state index contributed by atoms with van der Waals surface area (Å²) in [6.45, 7) is 1.87. The minimum absolute atomic E-state index is 0.0633. The van der Waals surface area contributed by atoms with Gasteiger partial charge in [-0.2, -0.15) is 11.3 Å². The number of hydrogen-bond donors (Lipinski definition) is 2. The summed E-state index contributed by atoms with van der Waals surface area (Å²) < 4.78 is 13.3. The normalized spacial score (nSPS) is 20.4.